The smallest absolute Gasteiger partial charge is 0.133 e. The van der Waals surface area contributed by atoms with Gasteiger partial charge in [-0.2, -0.15) is 0 Å². The summed E-state index contributed by atoms with van der Waals surface area (Å²) in [7, 11) is 1.70. The van der Waals surface area contributed by atoms with E-state index in [1.165, 1.54) is 18.4 Å². The summed E-state index contributed by atoms with van der Waals surface area (Å²) in [5, 5.41) is 3.60. The average Bonchev–Trinajstić information content (AvgIpc) is 2.92. The lowest BCUT2D eigenvalue weighted by Gasteiger charge is -2.21. The Morgan fingerprint density at radius 1 is 1.50 bits per heavy atom. The Morgan fingerprint density at radius 2 is 2.35 bits per heavy atom. The number of halogens is 1. The number of benzene rings is 1. The molecule has 2 unspecified atom stereocenters. The van der Waals surface area contributed by atoms with Crippen LogP contribution < -0.4 is 10.1 Å². The van der Waals surface area contributed by atoms with Gasteiger partial charge >= 0.3 is 0 Å². The molecule has 2 atom stereocenters. The van der Waals surface area contributed by atoms with Gasteiger partial charge in [0.1, 0.15) is 5.75 Å². The zero-order chi connectivity index (χ0) is 14.4. The van der Waals surface area contributed by atoms with Crippen molar-refractivity contribution >= 4 is 15.9 Å². The van der Waals surface area contributed by atoms with E-state index in [0.717, 1.165) is 36.4 Å². The number of hydrogen-bond donors (Lipinski definition) is 1. The van der Waals surface area contributed by atoms with Crippen LogP contribution in [0.1, 0.15) is 25.3 Å². The highest BCUT2D eigenvalue weighted by molar-refractivity contribution is 9.10. The molecule has 1 aliphatic rings. The van der Waals surface area contributed by atoms with Crippen LogP contribution >= 0.6 is 15.9 Å². The summed E-state index contributed by atoms with van der Waals surface area (Å²) in [4.78, 5) is 0. The van der Waals surface area contributed by atoms with Gasteiger partial charge in [-0.3, -0.25) is 0 Å². The first kappa shape index (κ1) is 15.8. The van der Waals surface area contributed by atoms with Crippen molar-refractivity contribution in [1.82, 2.24) is 5.32 Å². The lowest BCUT2D eigenvalue weighted by atomic mass is 9.94. The molecular formula is C16H24BrNO2. The molecule has 1 aromatic carbocycles. The SMILES string of the molecule is CCNC(Cc1ccc(OC)c(Br)c1)CC1CCOC1. The molecule has 112 valence electrons. The third kappa shape index (κ3) is 4.47. The minimum atomic E-state index is 0.520. The van der Waals surface area contributed by atoms with E-state index in [4.69, 9.17) is 9.47 Å². The number of hydrogen-bond acceptors (Lipinski definition) is 3. The summed E-state index contributed by atoms with van der Waals surface area (Å²) in [5.41, 5.74) is 1.34. The quantitative estimate of drug-likeness (QED) is 0.824. The molecule has 1 saturated heterocycles. The van der Waals surface area contributed by atoms with Gasteiger partial charge in [-0.25, -0.2) is 0 Å². The molecule has 20 heavy (non-hydrogen) atoms. The van der Waals surface area contributed by atoms with E-state index in [1.54, 1.807) is 7.11 Å². The molecule has 0 saturated carbocycles. The molecule has 0 aliphatic carbocycles. The van der Waals surface area contributed by atoms with Crippen LogP contribution in [0.25, 0.3) is 0 Å². The Labute approximate surface area is 130 Å². The van der Waals surface area contributed by atoms with E-state index in [0.29, 0.717) is 12.0 Å². The van der Waals surface area contributed by atoms with Gasteiger partial charge in [-0.05, 0) is 65.4 Å². The minimum Gasteiger partial charge on any atom is -0.496 e. The number of methoxy groups -OCH3 is 1. The average molecular weight is 342 g/mol. The van der Waals surface area contributed by atoms with Crippen LogP contribution in [0.5, 0.6) is 5.75 Å². The number of rotatable bonds is 7. The summed E-state index contributed by atoms with van der Waals surface area (Å²) in [6.07, 6.45) is 3.44. The van der Waals surface area contributed by atoms with Crippen LogP contribution in [0.4, 0.5) is 0 Å². The Hall–Kier alpha value is -0.580. The maximum atomic E-state index is 5.48. The second-order valence-corrected chi connectivity index (χ2v) is 6.25. The fourth-order valence-electron chi connectivity index (χ4n) is 2.82. The largest absolute Gasteiger partial charge is 0.496 e. The molecule has 1 fully saturated rings. The molecule has 0 bridgehead atoms. The van der Waals surface area contributed by atoms with Gasteiger partial charge in [0.05, 0.1) is 11.6 Å². The number of likely N-dealkylation sites (N-methyl/N-ethyl adjacent to an activating group) is 1. The summed E-state index contributed by atoms with van der Waals surface area (Å²) in [6, 6.07) is 6.86. The van der Waals surface area contributed by atoms with E-state index in [1.807, 2.05) is 6.07 Å². The van der Waals surface area contributed by atoms with Gasteiger partial charge in [0.15, 0.2) is 0 Å². The standard InChI is InChI=1S/C16H24BrNO2/c1-3-18-14(9-13-6-7-20-11-13)8-12-4-5-16(19-2)15(17)10-12/h4-5,10,13-14,18H,3,6-9,11H2,1-2H3. The van der Waals surface area contributed by atoms with Crippen LogP contribution in [0.3, 0.4) is 0 Å². The maximum Gasteiger partial charge on any atom is 0.133 e. The lowest BCUT2D eigenvalue weighted by molar-refractivity contribution is 0.181. The van der Waals surface area contributed by atoms with Crippen LogP contribution in [0.2, 0.25) is 0 Å². The van der Waals surface area contributed by atoms with Gasteiger partial charge in [0, 0.05) is 19.3 Å². The fraction of sp³-hybridized carbons (Fsp3) is 0.625. The van der Waals surface area contributed by atoms with E-state index in [-0.39, 0.29) is 0 Å². The lowest BCUT2D eigenvalue weighted by Crippen LogP contribution is -2.33. The Kier molecular flexibility index (Phi) is 6.33. The maximum absolute atomic E-state index is 5.48. The first-order valence-electron chi connectivity index (χ1n) is 7.36. The van der Waals surface area contributed by atoms with Crippen LogP contribution in [-0.2, 0) is 11.2 Å². The zero-order valence-corrected chi connectivity index (χ0v) is 13.9. The summed E-state index contributed by atoms with van der Waals surface area (Å²) >= 11 is 3.56. The van der Waals surface area contributed by atoms with Crippen LogP contribution in [0.15, 0.2) is 22.7 Å². The van der Waals surface area contributed by atoms with Gasteiger partial charge < -0.3 is 14.8 Å². The van der Waals surface area contributed by atoms with Crippen molar-refractivity contribution in [3.05, 3.63) is 28.2 Å². The molecular weight excluding hydrogens is 318 g/mol. The Bertz CT molecular complexity index is 419. The molecule has 1 heterocycles. The van der Waals surface area contributed by atoms with E-state index in [2.05, 4.69) is 40.3 Å². The predicted molar refractivity (Wildman–Crippen MR) is 85.4 cm³/mol. The molecule has 4 heteroatoms. The first-order chi connectivity index (χ1) is 9.72. The summed E-state index contributed by atoms with van der Waals surface area (Å²) in [5.74, 6) is 1.60. The molecule has 0 aromatic heterocycles. The molecule has 1 aliphatic heterocycles. The molecule has 2 rings (SSSR count). The van der Waals surface area contributed by atoms with Crippen molar-refractivity contribution in [3.8, 4) is 5.75 Å². The highest BCUT2D eigenvalue weighted by Crippen LogP contribution is 2.27. The van der Waals surface area contributed by atoms with Crippen molar-refractivity contribution in [2.75, 3.05) is 26.9 Å². The van der Waals surface area contributed by atoms with Crippen molar-refractivity contribution in [3.63, 3.8) is 0 Å². The van der Waals surface area contributed by atoms with E-state index in [9.17, 15) is 0 Å². The van der Waals surface area contributed by atoms with Crippen molar-refractivity contribution in [2.45, 2.75) is 32.2 Å². The van der Waals surface area contributed by atoms with Gasteiger partial charge in [0.2, 0.25) is 0 Å². The second kappa shape index (κ2) is 8.01. The Morgan fingerprint density at radius 3 is 2.95 bits per heavy atom. The van der Waals surface area contributed by atoms with Crippen molar-refractivity contribution < 1.29 is 9.47 Å². The van der Waals surface area contributed by atoms with Gasteiger partial charge in [-0.1, -0.05) is 13.0 Å². The predicted octanol–water partition coefficient (Wildman–Crippen LogP) is 3.40. The fourth-order valence-corrected chi connectivity index (χ4v) is 3.41. The molecule has 1 aromatic rings. The van der Waals surface area contributed by atoms with E-state index >= 15 is 0 Å². The summed E-state index contributed by atoms with van der Waals surface area (Å²) in [6.45, 7) is 5.03. The molecule has 3 nitrogen and oxygen atoms in total. The third-order valence-corrected chi connectivity index (χ3v) is 4.45. The Balaban J connectivity index is 1.97. The van der Waals surface area contributed by atoms with Crippen molar-refractivity contribution in [1.29, 1.82) is 0 Å². The van der Waals surface area contributed by atoms with Crippen LogP contribution in [-0.4, -0.2) is 32.9 Å². The highest BCUT2D eigenvalue weighted by atomic mass is 79.9. The topological polar surface area (TPSA) is 30.5 Å². The third-order valence-electron chi connectivity index (χ3n) is 3.83. The van der Waals surface area contributed by atoms with Gasteiger partial charge in [-0.15, -0.1) is 0 Å². The highest BCUT2D eigenvalue weighted by Gasteiger charge is 2.20. The number of nitrogens with one attached hydrogen (secondary N) is 1. The molecule has 0 amide bonds. The minimum absolute atomic E-state index is 0.520. The summed E-state index contributed by atoms with van der Waals surface area (Å²) < 4.78 is 11.8. The molecule has 0 radical (unpaired) electrons. The molecule has 1 N–H and O–H groups in total. The monoisotopic (exact) mass is 341 g/mol. The number of ether oxygens (including phenoxy) is 2. The second-order valence-electron chi connectivity index (χ2n) is 5.39. The van der Waals surface area contributed by atoms with Crippen LogP contribution in [0, 0.1) is 5.92 Å². The van der Waals surface area contributed by atoms with Gasteiger partial charge in [0.25, 0.3) is 0 Å². The van der Waals surface area contributed by atoms with E-state index < -0.39 is 0 Å². The molecule has 0 spiro atoms. The first-order valence-corrected chi connectivity index (χ1v) is 8.15. The zero-order valence-electron chi connectivity index (χ0n) is 12.3. The normalized spacial score (nSPS) is 20.1. The van der Waals surface area contributed by atoms with Crippen molar-refractivity contribution in [2.24, 2.45) is 5.92 Å².